The van der Waals surface area contributed by atoms with Crippen molar-refractivity contribution in [3.63, 3.8) is 0 Å². The zero-order chi connectivity index (χ0) is 10.4. The van der Waals surface area contributed by atoms with Crippen molar-refractivity contribution in [2.24, 2.45) is 0 Å². The number of alkyl halides is 1. The molecule has 0 spiro atoms. The van der Waals surface area contributed by atoms with Crippen molar-refractivity contribution in [1.82, 2.24) is 10.2 Å². The van der Waals surface area contributed by atoms with Gasteiger partial charge in [-0.1, -0.05) is 18.9 Å². The fourth-order valence-electron chi connectivity index (χ4n) is 1.16. The molecular formula is C9H16ClN3O. The lowest BCUT2D eigenvalue weighted by Gasteiger charge is -2.11. The van der Waals surface area contributed by atoms with E-state index < -0.39 is 0 Å². The minimum atomic E-state index is 0.402. The summed E-state index contributed by atoms with van der Waals surface area (Å²) in [5.74, 6) is 1.10. The van der Waals surface area contributed by atoms with Crippen LogP contribution in [0.3, 0.4) is 0 Å². The highest BCUT2D eigenvalue weighted by Gasteiger charge is 2.09. The first-order valence-corrected chi connectivity index (χ1v) is 5.48. The zero-order valence-electron chi connectivity index (χ0n) is 8.59. The molecule has 0 aliphatic heterocycles. The first-order valence-electron chi connectivity index (χ1n) is 4.95. The maximum atomic E-state index is 5.56. The molecule has 1 rings (SSSR count). The Labute approximate surface area is 89.0 Å². The van der Waals surface area contributed by atoms with E-state index in [9.17, 15) is 0 Å². The van der Waals surface area contributed by atoms with Crippen molar-refractivity contribution in [3.05, 3.63) is 5.89 Å². The topological polar surface area (TPSA) is 51.0 Å². The van der Waals surface area contributed by atoms with Crippen LogP contribution in [0.5, 0.6) is 0 Å². The van der Waals surface area contributed by atoms with E-state index in [4.69, 9.17) is 16.0 Å². The summed E-state index contributed by atoms with van der Waals surface area (Å²) in [5.41, 5.74) is 0. The lowest BCUT2D eigenvalue weighted by atomic mass is 10.2. The number of halogens is 1. The highest BCUT2D eigenvalue weighted by molar-refractivity contribution is 6.17. The fourth-order valence-corrected chi connectivity index (χ4v) is 1.32. The Morgan fingerprint density at radius 1 is 1.36 bits per heavy atom. The Kier molecular flexibility index (Phi) is 4.73. The predicted octanol–water partition coefficient (Wildman–Crippen LogP) is 2.45. The van der Waals surface area contributed by atoms with E-state index in [-0.39, 0.29) is 0 Å². The lowest BCUT2D eigenvalue weighted by Crippen LogP contribution is -2.17. The van der Waals surface area contributed by atoms with Crippen LogP contribution in [0.25, 0.3) is 0 Å². The summed E-state index contributed by atoms with van der Waals surface area (Å²) in [5, 5.41) is 10.9. The van der Waals surface area contributed by atoms with Gasteiger partial charge in [-0.3, -0.25) is 0 Å². The van der Waals surface area contributed by atoms with Crippen LogP contribution in [0.2, 0.25) is 0 Å². The first-order chi connectivity index (χ1) is 6.80. The van der Waals surface area contributed by atoms with Gasteiger partial charge in [0.2, 0.25) is 5.89 Å². The van der Waals surface area contributed by atoms with E-state index in [1.165, 1.54) is 0 Å². The number of aryl methyl sites for hydroxylation is 1. The molecule has 0 radical (unpaired) electrons. The molecule has 0 amide bonds. The van der Waals surface area contributed by atoms with Gasteiger partial charge in [-0.25, -0.2) is 0 Å². The van der Waals surface area contributed by atoms with E-state index in [2.05, 4.69) is 29.4 Å². The number of nitrogens with zero attached hydrogens (tertiary/aromatic N) is 2. The molecule has 1 aromatic rings. The van der Waals surface area contributed by atoms with Crippen molar-refractivity contribution >= 4 is 17.6 Å². The van der Waals surface area contributed by atoms with Gasteiger partial charge < -0.3 is 9.73 Å². The highest BCUT2D eigenvalue weighted by atomic mass is 35.5. The fraction of sp³-hybridized carbons (Fsp3) is 0.778. The molecule has 4 nitrogen and oxygen atoms in total. The maximum Gasteiger partial charge on any atom is 0.315 e. The third-order valence-corrected chi connectivity index (χ3v) is 2.28. The molecule has 0 fully saturated rings. The quantitative estimate of drug-likeness (QED) is 0.744. The molecule has 1 aromatic heterocycles. The molecule has 0 bridgehead atoms. The van der Waals surface area contributed by atoms with Gasteiger partial charge >= 0.3 is 6.01 Å². The Bertz CT molecular complexity index is 260. The first kappa shape index (κ1) is 11.3. The van der Waals surface area contributed by atoms with E-state index in [0.717, 1.165) is 12.8 Å². The molecule has 0 aliphatic carbocycles. The Morgan fingerprint density at radius 2 is 2.07 bits per heavy atom. The predicted molar refractivity (Wildman–Crippen MR) is 56.7 cm³/mol. The van der Waals surface area contributed by atoms with Gasteiger partial charge in [-0.2, -0.15) is 0 Å². The summed E-state index contributed by atoms with van der Waals surface area (Å²) >= 11 is 5.56. The SMILES string of the molecule is CCC(CC)Nc1nnc(CCCl)o1. The molecule has 1 N–H and O–H groups in total. The summed E-state index contributed by atoms with van der Waals surface area (Å²) in [6.07, 6.45) is 2.71. The Morgan fingerprint density at radius 3 is 2.64 bits per heavy atom. The van der Waals surface area contributed by atoms with E-state index in [1.807, 2.05) is 0 Å². The van der Waals surface area contributed by atoms with Crippen molar-refractivity contribution < 1.29 is 4.42 Å². The second-order valence-corrected chi connectivity index (χ2v) is 3.48. The summed E-state index contributed by atoms with van der Waals surface area (Å²) in [4.78, 5) is 0. The zero-order valence-corrected chi connectivity index (χ0v) is 9.34. The summed E-state index contributed by atoms with van der Waals surface area (Å²) in [6, 6.07) is 0.901. The summed E-state index contributed by atoms with van der Waals surface area (Å²) in [6.45, 7) is 4.24. The van der Waals surface area contributed by atoms with Crippen LogP contribution in [0.15, 0.2) is 4.42 Å². The normalized spacial score (nSPS) is 10.9. The molecule has 0 aliphatic rings. The average Bonchev–Trinajstić information content (AvgIpc) is 2.63. The van der Waals surface area contributed by atoms with Crippen LogP contribution >= 0.6 is 11.6 Å². The second kappa shape index (κ2) is 5.86. The second-order valence-electron chi connectivity index (χ2n) is 3.10. The van der Waals surface area contributed by atoms with E-state index in [0.29, 0.717) is 30.2 Å². The third-order valence-electron chi connectivity index (χ3n) is 2.09. The van der Waals surface area contributed by atoms with Gasteiger partial charge in [0.05, 0.1) is 0 Å². The van der Waals surface area contributed by atoms with Crippen molar-refractivity contribution in [2.75, 3.05) is 11.2 Å². The standard InChI is InChI=1S/C9H16ClN3O/c1-3-7(4-2)11-9-13-12-8(14-9)5-6-10/h7H,3-6H2,1-2H3,(H,11,13). The van der Waals surface area contributed by atoms with Crippen LogP contribution in [0.4, 0.5) is 6.01 Å². The van der Waals surface area contributed by atoms with E-state index >= 15 is 0 Å². The summed E-state index contributed by atoms with van der Waals surface area (Å²) < 4.78 is 5.34. The van der Waals surface area contributed by atoms with Crippen molar-refractivity contribution in [1.29, 1.82) is 0 Å². The van der Waals surface area contributed by atoms with Crippen molar-refractivity contribution in [3.8, 4) is 0 Å². The van der Waals surface area contributed by atoms with Crippen LogP contribution in [0.1, 0.15) is 32.6 Å². The number of rotatable bonds is 6. The largest absolute Gasteiger partial charge is 0.408 e. The van der Waals surface area contributed by atoms with Crippen molar-refractivity contribution in [2.45, 2.75) is 39.2 Å². The van der Waals surface area contributed by atoms with Crippen LogP contribution in [0, 0.1) is 0 Å². The Hall–Kier alpha value is -0.770. The number of hydrogen-bond donors (Lipinski definition) is 1. The molecule has 14 heavy (non-hydrogen) atoms. The number of nitrogens with one attached hydrogen (secondary N) is 1. The van der Waals surface area contributed by atoms with Crippen LogP contribution in [-0.2, 0) is 6.42 Å². The van der Waals surface area contributed by atoms with Gasteiger partial charge in [-0.05, 0) is 12.8 Å². The molecule has 5 heteroatoms. The molecule has 0 saturated carbocycles. The molecule has 0 unspecified atom stereocenters. The lowest BCUT2D eigenvalue weighted by molar-refractivity contribution is 0.501. The highest BCUT2D eigenvalue weighted by Crippen LogP contribution is 2.10. The van der Waals surface area contributed by atoms with Gasteiger partial charge in [0, 0.05) is 18.3 Å². The number of aromatic nitrogens is 2. The minimum absolute atomic E-state index is 0.402. The van der Waals surface area contributed by atoms with Gasteiger partial charge in [-0.15, -0.1) is 16.7 Å². The van der Waals surface area contributed by atoms with Gasteiger partial charge in [0.1, 0.15) is 0 Å². The molecule has 0 atom stereocenters. The third kappa shape index (κ3) is 3.18. The molecule has 0 saturated heterocycles. The van der Waals surface area contributed by atoms with Crippen LogP contribution in [-0.4, -0.2) is 22.1 Å². The molecule has 0 aromatic carbocycles. The number of hydrogen-bond acceptors (Lipinski definition) is 4. The minimum Gasteiger partial charge on any atom is -0.408 e. The number of anilines is 1. The van der Waals surface area contributed by atoms with E-state index in [1.54, 1.807) is 0 Å². The maximum absolute atomic E-state index is 5.56. The molecular weight excluding hydrogens is 202 g/mol. The van der Waals surface area contributed by atoms with Gasteiger partial charge in [0.15, 0.2) is 0 Å². The Balaban J connectivity index is 2.49. The average molecular weight is 218 g/mol. The summed E-state index contributed by atoms with van der Waals surface area (Å²) in [7, 11) is 0. The van der Waals surface area contributed by atoms with Crippen LogP contribution < -0.4 is 5.32 Å². The van der Waals surface area contributed by atoms with Gasteiger partial charge in [0.25, 0.3) is 0 Å². The smallest absolute Gasteiger partial charge is 0.315 e. The monoisotopic (exact) mass is 217 g/mol. The molecule has 1 heterocycles. The molecule has 80 valence electrons.